The monoisotopic (exact) mass is 381 g/mol. The van der Waals surface area contributed by atoms with Crippen molar-refractivity contribution < 1.29 is 4.79 Å². The van der Waals surface area contributed by atoms with Crippen LogP contribution in [-0.2, 0) is 25.8 Å². The number of nitrogens with two attached hydrogens (primary N) is 1. The zero-order valence-corrected chi connectivity index (χ0v) is 16.6. The highest BCUT2D eigenvalue weighted by Crippen LogP contribution is 2.20. The second-order valence-corrected chi connectivity index (χ2v) is 7.53. The highest BCUT2D eigenvalue weighted by molar-refractivity contribution is 5.94. The number of carbonyl (C=O) groups excluding carboxylic acids is 1. The highest BCUT2D eigenvalue weighted by Gasteiger charge is 2.19. The molecule has 1 heterocycles. The van der Waals surface area contributed by atoms with Gasteiger partial charge in [-0.25, -0.2) is 0 Å². The molecule has 1 aromatic heterocycles. The Labute approximate surface area is 167 Å². The number of carbonyl (C=O) groups is 1. The van der Waals surface area contributed by atoms with E-state index in [1.54, 1.807) is 0 Å². The van der Waals surface area contributed by atoms with Crippen LogP contribution in [0.1, 0.15) is 59.3 Å². The van der Waals surface area contributed by atoms with Gasteiger partial charge in [-0.2, -0.15) is 0 Å². The van der Waals surface area contributed by atoms with Crippen molar-refractivity contribution in [1.82, 2.24) is 9.88 Å². The largest absolute Gasteiger partial charge is 0.352 e. The van der Waals surface area contributed by atoms with Gasteiger partial charge in [0.25, 0.3) is 11.5 Å². The minimum absolute atomic E-state index is 0.176. The normalized spacial score (nSPS) is 14.0. The molecule has 1 aromatic carbocycles. The Balaban J connectivity index is 1.81. The summed E-state index contributed by atoms with van der Waals surface area (Å²) in [5.41, 5.74) is 9.21. The van der Waals surface area contributed by atoms with Gasteiger partial charge in [0.05, 0.1) is 0 Å². The lowest BCUT2D eigenvalue weighted by Crippen LogP contribution is -2.36. The number of amides is 1. The van der Waals surface area contributed by atoms with Crippen molar-refractivity contribution in [2.45, 2.75) is 57.9 Å². The van der Waals surface area contributed by atoms with E-state index in [1.807, 2.05) is 41.0 Å². The summed E-state index contributed by atoms with van der Waals surface area (Å²) in [6.45, 7) is 1.64. The molecule has 1 aliphatic carbocycles. The average molecular weight is 382 g/mol. The van der Waals surface area contributed by atoms with E-state index in [-0.39, 0.29) is 17.0 Å². The molecule has 0 bridgehead atoms. The lowest BCUT2D eigenvalue weighted by atomic mass is 9.95. The lowest BCUT2D eigenvalue weighted by molar-refractivity contribution is 0.0951. The van der Waals surface area contributed by atoms with Gasteiger partial charge in [0, 0.05) is 18.8 Å². The molecule has 3 N–H and O–H groups in total. The summed E-state index contributed by atoms with van der Waals surface area (Å²) in [5, 5.41) is 2.93. The Morgan fingerprint density at radius 2 is 1.82 bits per heavy atom. The van der Waals surface area contributed by atoms with Crippen LogP contribution in [0.5, 0.6) is 0 Å². The van der Waals surface area contributed by atoms with Gasteiger partial charge >= 0.3 is 0 Å². The van der Waals surface area contributed by atoms with Gasteiger partial charge in [-0.3, -0.25) is 9.59 Å². The number of hydrogen-bond acceptors (Lipinski definition) is 3. The lowest BCUT2D eigenvalue weighted by Gasteiger charge is -2.21. The van der Waals surface area contributed by atoms with Gasteiger partial charge in [-0.05, 0) is 62.3 Å². The van der Waals surface area contributed by atoms with Gasteiger partial charge < -0.3 is 15.6 Å². The smallest absolute Gasteiger partial charge is 0.263 e. The maximum absolute atomic E-state index is 13.1. The molecule has 0 fully saturated rings. The van der Waals surface area contributed by atoms with Crippen molar-refractivity contribution >= 4 is 5.91 Å². The molecular formula is C23H31N3O2. The molecule has 2 aromatic rings. The number of pyridine rings is 1. The van der Waals surface area contributed by atoms with E-state index >= 15 is 0 Å². The fourth-order valence-electron chi connectivity index (χ4n) is 3.94. The molecule has 0 saturated heterocycles. The van der Waals surface area contributed by atoms with E-state index in [0.29, 0.717) is 19.6 Å². The summed E-state index contributed by atoms with van der Waals surface area (Å²) in [5.74, 6) is -0.271. The van der Waals surface area contributed by atoms with Crippen molar-refractivity contribution in [2.75, 3.05) is 13.1 Å². The molecule has 5 heteroatoms. The van der Waals surface area contributed by atoms with Crippen LogP contribution in [0.3, 0.4) is 0 Å². The number of fused-ring (bicyclic) bond motifs is 1. The zero-order valence-electron chi connectivity index (χ0n) is 16.6. The summed E-state index contributed by atoms with van der Waals surface area (Å²) in [6.07, 6.45) is 7.94. The number of benzene rings is 1. The molecule has 0 atom stereocenters. The van der Waals surface area contributed by atoms with E-state index in [4.69, 9.17) is 5.73 Å². The van der Waals surface area contributed by atoms with Crippen molar-refractivity contribution in [3.63, 3.8) is 0 Å². The molecule has 28 heavy (non-hydrogen) atoms. The minimum atomic E-state index is -0.271. The van der Waals surface area contributed by atoms with Crippen LogP contribution in [-0.4, -0.2) is 23.6 Å². The average Bonchev–Trinajstić information content (AvgIpc) is 2.69. The maximum Gasteiger partial charge on any atom is 0.263 e. The number of hydrogen-bond donors (Lipinski definition) is 2. The SMILES string of the molecule is NCCCn1c2c(cc(C(=O)NCCc3ccccc3)c1=O)CCCCCC2. The third kappa shape index (κ3) is 5.10. The fourth-order valence-corrected chi connectivity index (χ4v) is 3.94. The van der Waals surface area contributed by atoms with Crippen molar-refractivity contribution in [1.29, 1.82) is 0 Å². The van der Waals surface area contributed by atoms with E-state index in [2.05, 4.69) is 5.32 Å². The summed E-state index contributed by atoms with van der Waals surface area (Å²) < 4.78 is 1.82. The van der Waals surface area contributed by atoms with Crippen molar-refractivity contribution in [3.8, 4) is 0 Å². The maximum atomic E-state index is 13.1. The predicted octanol–water partition coefficient (Wildman–Crippen LogP) is 2.83. The Kier molecular flexibility index (Phi) is 7.43. The molecule has 5 nitrogen and oxygen atoms in total. The standard InChI is InChI=1S/C23H31N3O2/c24-14-8-16-26-21-12-7-2-1-6-11-19(21)17-20(23(26)28)22(27)25-15-13-18-9-4-3-5-10-18/h3-5,9-10,17H,1-2,6-8,11-16,24H2,(H,25,27). The molecule has 0 aliphatic heterocycles. The molecule has 3 rings (SSSR count). The Bertz CT molecular complexity index is 843. The molecule has 150 valence electrons. The molecule has 1 amide bonds. The van der Waals surface area contributed by atoms with Crippen molar-refractivity contribution in [3.05, 3.63) is 69.1 Å². The zero-order chi connectivity index (χ0) is 19.8. The summed E-state index contributed by atoms with van der Waals surface area (Å²) >= 11 is 0. The molecule has 1 aliphatic rings. The van der Waals surface area contributed by atoms with E-state index in [1.165, 1.54) is 18.4 Å². The van der Waals surface area contributed by atoms with Gasteiger partial charge in [0.1, 0.15) is 5.56 Å². The molecule has 0 spiro atoms. The number of aryl methyl sites for hydroxylation is 1. The third-order valence-corrected chi connectivity index (χ3v) is 5.47. The summed E-state index contributed by atoms with van der Waals surface area (Å²) in [7, 11) is 0. The van der Waals surface area contributed by atoms with Gasteiger partial charge in [0.2, 0.25) is 0 Å². The number of rotatable bonds is 7. The number of aromatic nitrogens is 1. The first-order chi connectivity index (χ1) is 13.7. The number of nitrogens with zero attached hydrogens (tertiary/aromatic N) is 1. The molecule has 0 radical (unpaired) electrons. The van der Waals surface area contributed by atoms with Crippen LogP contribution in [0.25, 0.3) is 0 Å². The summed E-state index contributed by atoms with van der Waals surface area (Å²) in [6, 6.07) is 11.9. The molecule has 0 unspecified atom stereocenters. The molecule has 0 saturated carbocycles. The number of nitrogens with one attached hydrogen (secondary N) is 1. The topological polar surface area (TPSA) is 77.1 Å². The predicted molar refractivity (Wildman–Crippen MR) is 113 cm³/mol. The van der Waals surface area contributed by atoms with Crippen LogP contribution >= 0.6 is 0 Å². The van der Waals surface area contributed by atoms with Gasteiger partial charge in [-0.1, -0.05) is 43.2 Å². The Hall–Kier alpha value is -2.40. The fraction of sp³-hybridized carbons (Fsp3) is 0.478. The van der Waals surface area contributed by atoms with E-state index in [9.17, 15) is 9.59 Å². The Morgan fingerprint density at radius 3 is 2.57 bits per heavy atom. The van der Waals surface area contributed by atoms with E-state index < -0.39 is 0 Å². The summed E-state index contributed by atoms with van der Waals surface area (Å²) in [4.78, 5) is 25.9. The first-order valence-electron chi connectivity index (χ1n) is 10.5. The van der Waals surface area contributed by atoms with Crippen molar-refractivity contribution in [2.24, 2.45) is 5.73 Å². The van der Waals surface area contributed by atoms with Crippen LogP contribution in [0.4, 0.5) is 0 Å². The van der Waals surface area contributed by atoms with Gasteiger partial charge in [-0.15, -0.1) is 0 Å². The van der Waals surface area contributed by atoms with Crippen LogP contribution in [0, 0.1) is 0 Å². The van der Waals surface area contributed by atoms with Crippen LogP contribution in [0.15, 0.2) is 41.2 Å². The van der Waals surface area contributed by atoms with Crippen LogP contribution < -0.4 is 16.6 Å². The second-order valence-electron chi connectivity index (χ2n) is 7.53. The van der Waals surface area contributed by atoms with Gasteiger partial charge in [0.15, 0.2) is 0 Å². The second kappa shape index (κ2) is 10.2. The Morgan fingerprint density at radius 1 is 1.07 bits per heavy atom. The van der Waals surface area contributed by atoms with Crippen LogP contribution in [0.2, 0.25) is 0 Å². The third-order valence-electron chi connectivity index (χ3n) is 5.47. The minimum Gasteiger partial charge on any atom is -0.352 e. The molecular weight excluding hydrogens is 350 g/mol. The first kappa shape index (κ1) is 20.3. The quantitative estimate of drug-likeness (QED) is 0.774. The highest BCUT2D eigenvalue weighted by atomic mass is 16.2. The first-order valence-corrected chi connectivity index (χ1v) is 10.5. The van der Waals surface area contributed by atoms with E-state index in [0.717, 1.165) is 49.8 Å².